The Bertz CT molecular complexity index is 66.6. The maximum absolute atomic E-state index is 5.46. The molecule has 1 aliphatic rings. The molecule has 1 aliphatic heterocycles. The lowest BCUT2D eigenvalue weighted by Gasteiger charge is -2.22. The van der Waals surface area contributed by atoms with E-state index in [0.717, 1.165) is 19.7 Å². The number of morpholine rings is 1. The molecule has 1 fully saturated rings. The first-order chi connectivity index (χ1) is 4.43. The van der Waals surface area contributed by atoms with Gasteiger partial charge in [0.1, 0.15) is 0 Å². The van der Waals surface area contributed by atoms with Crippen molar-refractivity contribution < 1.29 is 4.74 Å². The molecule has 2 heteroatoms. The first-order valence-corrected chi connectivity index (χ1v) is 3.76. The topological polar surface area (TPSA) is 21.3 Å². The van der Waals surface area contributed by atoms with Crippen molar-refractivity contribution in [2.24, 2.45) is 0 Å². The number of ether oxygens (including phenoxy) is 1. The predicted molar refractivity (Wildman–Crippen MR) is 37.5 cm³/mol. The Balaban J connectivity index is 2.08. The van der Waals surface area contributed by atoms with E-state index in [4.69, 9.17) is 4.74 Å². The molecule has 0 amide bonds. The van der Waals surface area contributed by atoms with E-state index in [1.807, 2.05) is 0 Å². The summed E-state index contributed by atoms with van der Waals surface area (Å²) < 4.78 is 5.46. The van der Waals surface area contributed by atoms with Gasteiger partial charge in [0.25, 0.3) is 0 Å². The van der Waals surface area contributed by atoms with Crippen LogP contribution in [0, 0.1) is 0 Å². The van der Waals surface area contributed by atoms with E-state index in [9.17, 15) is 0 Å². The number of nitrogens with one attached hydrogen (secondary N) is 1. The van der Waals surface area contributed by atoms with Crippen LogP contribution >= 0.6 is 0 Å². The van der Waals surface area contributed by atoms with Gasteiger partial charge in [-0.2, -0.15) is 0 Å². The highest BCUT2D eigenvalue weighted by Gasteiger charge is 2.10. The van der Waals surface area contributed by atoms with Gasteiger partial charge >= 0.3 is 0 Å². The molecule has 0 aromatic rings. The summed E-state index contributed by atoms with van der Waals surface area (Å²) in [6.45, 7) is 5.16. The van der Waals surface area contributed by atoms with E-state index >= 15 is 0 Å². The Morgan fingerprint density at radius 3 is 3.11 bits per heavy atom. The van der Waals surface area contributed by atoms with Crippen molar-refractivity contribution in [3.8, 4) is 0 Å². The second-order valence-corrected chi connectivity index (χ2v) is 2.49. The second-order valence-electron chi connectivity index (χ2n) is 2.49. The fourth-order valence-electron chi connectivity index (χ4n) is 1.13. The summed E-state index contributed by atoms with van der Waals surface area (Å²) in [7, 11) is 0. The molecule has 2 nitrogen and oxygen atoms in total. The summed E-state index contributed by atoms with van der Waals surface area (Å²) in [5.74, 6) is 0. The minimum Gasteiger partial charge on any atom is -0.376 e. The average Bonchev–Trinajstić information content (AvgIpc) is 1.91. The highest BCUT2D eigenvalue weighted by molar-refractivity contribution is 4.65. The Hall–Kier alpha value is -0.0800. The van der Waals surface area contributed by atoms with Crippen molar-refractivity contribution in [1.82, 2.24) is 5.32 Å². The van der Waals surface area contributed by atoms with Crippen LogP contribution < -0.4 is 5.32 Å². The largest absolute Gasteiger partial charge is 0.376 e. The summed E-state index contributed by atoms with van der Waals surface area (Å²) in [4.78, 5) is 0. The van der Waals surface area contributed by atoms with E-state index < -0.39 is 0 Å². The van der Waals surface area contributed by atoms with Gasteiger partial charge in [0.2, 0.25) is 0 Å². The maximum Gasteiger partial charge on any atom is 0.0700 e. The molecular formula is C7H15NO. The first-order valence-electron chi connectivity index (χ1n) is 3.76. The van der Waals surface area contributed by atoms with Crippen molar-refractivity contribution in [3.63, 3.8) is 0 Å². The third-order valence-electron chi connectivity index (χ3n) is 1.62. The van der Waals surface area contributed by atoms with Gasteiger partial charge in [-0.05, 0) is 6.42 Å². The van der Waals surface area contributed by atoms with Crippen LogP contribution in [0.25, 0.3) is 0 Å². The normalized spacial score (nSPS) is 28.3. The lowest BCUT2D eigenvalue weighted by molar-refractivity contribution is 0.0232. The number of hydrogen-bond donors (Lipinski definition) is 1. The Kier molecular flexibility index (Phi) is 3.01. The molecule has 1 rings (SSSR count). The molecule has 0 saturated carbocycles. The Morgan fingerprint density at radius 1 is 1.67 bits per heavy atom. The van der Waals surface area contributed by atoms with Gasteiger partial charge in [0.15, 0.2) is 0 Å². The second kappa shape index (κ2) is 3.85. The van der Waals surface area contributed by atoms with E-state index in [1.54, 1.807) is 0 Å². The van der Waals surface area contributed by atoms with Crippen molar-refractivity contribution >= 4 is 0 Å². The summed E-state index contributed by atoms with van der Waals surface area (Å²) in [5, 5.41) is 3.29. The van der Waals surface area contributed by atoms with Crippen LogP contribution in [0.5, 0.6) is 0 Å². The quantitative estimate of drug-likeness (QED) is 0.594. The predicted octanol–water partition coefficient (Wildman–Crippen LogP) is 0.775. The fourth-order valence-corrected chi connectivity index (χ4v) is 1.13. The molecule has 1 atom stereocenters. The zero-order valence-electron chi connectivity index (χ0n) is 6.02. The van der Waals surface area contributed by atoms with Gasteiger partial charge in [0, 0.05) is 13.1 Å². The molecule has 0 bridgehead atoms. The monoisotopic (exact) mass is 129 g/mol. The van der Waals surface area contributed by atoms with Gasteiger partial charge < -0.3 is 10.1 Å². The minimum atomic E-state index is 0.490. The summed E-state index contributed by atoms with van der Waals surface area (Å²) in [6.07, 6.45) is 2.92. The molecule has 1 unspecified atom stereocenters. The SMILES string of the molecule is CCCC1CNCCO1. The average molecular weight is 129 g/mol. The van der Waals surface area contributed by atoms with Crippen molar-refractivity contribution in [3.05, 3.63) is 0 Å². The molecule has 1 heterocycles. The summed E-state index contributed by atoms with van der Waals surface area (Å²) in [5.41, 5.74) is 0. The Labute approximate surface area is 56.6 Å². The van der Waals surface area contributed by atoms with Crippen molar-refractivity contribution in [2.75, 3.05) is 19.7 Å². The third kappa shape index (κ3) is 2.33. The van der Waals surface area contributed by atoms with Gasteiger partial charge in [-0.3, -0.25) is 0 Å². The van der Waals surface area contributed by atoms with E-state index in [-0.39, 0.29) is 0 Å². The smallest absolute Gasteiger partial charge is 0.0700 e. The number of hydrogen-bond acceptors (Lipinski definition) is 2. The van der Waals surface area contributed by atoms with E-state index in [1.165, 1.54) is 12.8 Å². The standard InChI is InChI=1S/C7H15NO/c1-2-3-7-6-8-4-5-9-7/h7-8H,2-6H2,1H3. The van der Waals surface area contributed by atoms with Crippen molar-refractivity contribution in [2.45, 2.75) is 25.9 Å². The molecule has 0 radical (unpaired) electrons. The fraction of sp³-hybridized carbons (Fsp3) is 1.00. The molecule has 0 aromatic heterocycles. The van der Waals surface area contributed by atoms with Crippen LogP contribution in [0.2, 0.25) is 0 Å². The molecule has 1 saturated heterocycles. The van der Waals surface area contributed by atoms with Crippen molar-refractivity contribution in [1.29, 1.82) is 0 Å². The first kappa shape index (κ1) is 7.03. The molecule has 9 heavy (non-hydrogen) atoms. The lowest BCUT2D eigenvalue weighted by atomic mass is 10.2. The highest BCUT2D eigenvalue weighted by atomic mass is 16.5. The van der Waals surface area contributed by atoms with Gasteiger partial charge in [-0.25, -0.2) is 0 Å². The lowest BCUT2D eigenvalue weighted by Crippen LogP contribution is -2.38. The van der Waals surface area contributed by atoms with Gasteiger partial charge in [0.05, 0.1) is 12.7 Å². The third-order valence-corrected chi connectivity index (χ3v) is 1.62. The van der Waals surface area contributed by atoms with E-state index in [2.05, 4.69) is 12.2 Å². The molecule has 0 aliphatic carbocycles. The highest BCUT2D eigenvalue weighted by Crippen LogP contribution is 2.02. The summed E-state index contributed by atoms with van der Waals surface area (Å²) in [6, 6.07) is 0. The number of rotatable bonds is 2. The van der Waals surface area contributed by atoms with Gasteiger partial charge in [-0.15, -0.1) is 0 Å². The summed E-state index contributed by atoms with van der Waals surface area (Å²) >= 11 is 0. The maximum atomic E-state index is 5.46. The zero-order chi connectivity index (χ0) is 6.53. The van der Waals surface area contributed by atoms with Gasteiger partial charge in [-0.1, -0.05) is 13.3 Å². The van der Waals surface area contributed by atoms with Crippen LogP contribution in [0.15, 0.2) is 0 Å². The van der Waals surface area contributed by atoms with E-state index in [0.29, 0.717) is 6.10 Å². The zero-order valence-corrected chi connectivity index (χ0v) is 6.02. The van der Waals surface area contributed by atoms with Crippen LogP contribution in [0.4, 0.5) is 0 Å². The minimum absolute atomic E-state index is 0.490. The van der Waals surface area contributed by atoms with Crippen LogP contribution in [0.1, 0.15) is 19.8 Å². The van der Waals surface area contributed by atoms with Crippen LogP contribution in [-0.4, -0.2) is 25.8 Å². The molecule has 0 spiro atoms. The molecule has 1 N–H and O–H groups in total. The van der Waals surface area contributed by atoms with Crippen LogP contribution in [0.3, 0.4) is 0 Å². The molecule has 54 valence electrons. The van der Waals surface area contributed by atoms with Crippen LogP contribution in [-0.2, 0) is 4.74 Å². The Morgan fingerprint density at radius 2 is 2.56 bits per heavy atom. The molecule has 0 aromatic carbocycles. The molecular weight excluding hydrogens is 114 g/mol.